The van der Waals surface area contributed by atoms with Crippen molar-refractivity contribution in [2.75, 3.05) is 5.32 Å². The Balaban J connectivity index is 1.48. The summed E-state index contributed by atoms with van der Waals surface area (Å²) in [7, 11) is 0. The van der Waals surface area contributed by atoms with Gasteiger partial charge in [0.2, 0.25) is 0 Å². The number of aromatic nitrogens is 4. The number of nitrogens with one attached hydrogen (secondary N) is 1. The molecule has 1 N–H and O–H groups in total. The van der Waals surface area contributed by atoms with Crippen molar-refractivity contribution >= 4 is 16.7 Å². The lowest BCUT2D eigenvalue weighted by molar-refractivity contribution is 0.658. The van der Waals surface area contributed by atoms with Gasteiger partial charge in [-0.3, -0.25) is 0 Å². The first-order valence-electron chi connectivity index (χ1n) is 8.79. The van der Waals surface area contributed by atoms with Crippen LogP contribution in [0.1, 0.15) is 17.0 Å². The molecule has 0 saturated heterocycles. The van der Waals surface area contributed by atoms with Gasteiger partial charge in [0, 0.05) is 24.3 Å². The first-order valence-corrected chi connectivity index (χ1v) is 8.79. The van der Waals surface area contributed by atoms with Gasteiger partial charge in [0.25, 0.3) is 0 Å². The van der Waals surface area contributed by atoms with Crippen molar-refractivity contribution in [3.63, 3.8) is 0 Å². The summed E-state index contributed by atoms with van der Waals surface area (Å²) in [4.78, 5) is 13.2. The molecule has 0 atom stereocenters. The smallest absolute Gasteiger partial charge is 0.137 e. The molecular weight excluding hydrogens is 322 g/mol. The molecule has 5 nitrogen and oxygen atoms in total. The number of anilines is 1. The van der Waals surface area contributed by atoms with E-state index in [4.69, 9.17) is 0 Å². The molecule has 4 aromatic rings. The molecule has 0 aliphatic carbocycles. The van der Waals surface area contributed by atoms with Gasteiger partial charge in [-0.1, -0.05) is 42.0 Å². The Kier molecular flexibility index (Phi) is 4.60. The van der Waals surface area contributed by atoms with Gasteiger partial charge in [-0.2, -0.15) is 0 Å². The van der Waals surface area contributed by atoms with Gasteiger partial charge in [-0.05, 0) is 31.0 Å². The molecule has 0 radical (unpaired) electrons. The maximum atomic E-state index is 4.50. The van der Waals surface area contributed by atoms with Crippen LogP contribution < -0.4 is 5.32 Å². The summed E-state index contributed by atoms with van der Waals surface area (Å²) < 4.78 is 2.19. The molecule has 5 heteroatoms. The summed E-state index contributed by atoms with van der Waals surface area (Å²) in [5, 5.41) is 4.46. The number of nitrogens with zero attached hydrogens (tertiary/aromatic N) is 4. The van der Waals surface area contributed by atoms with Gasteiger partial charge >= 0.3 is 0 Å². The molecular formula is C21H21N5. The fourth-order valence-electron chi connectivity index (χ4n) is 3.08. The molecule has 2 aromatic carbocycles. The molecule has 0 saturated carbocycles. The van der Waals surface area contributed by atoms with Crippen LogP contribution in [0.5, 0.6) is 0 Å². The van der Waals surface area contributed by atoms with E-state index in [1.807, 2.05) is 24.5 Å². The molecule has 0 aliphatic heterocycles. The quantitative estimate of drug-likeness (QED) is 0.575. The fraction of sp³-hybridized carbons (Fsp3) is 0.190. The van der Waals surface area contributed by atoms with E-state index in [1.165, 1.54) is 11.1 Å². The van der Waals surface area contributed by atoms with Crippen LogP contribution in [0.2, 0.25) is 0 Å². The number of rotatable bonds is 6. The number of imidazole rings is 1. The highest BCUT2D eigenvalue weighted by atomic mass is 15.1. The van der Waals surface area contributed by atoms with E-state index in [-0.39, 0.29) is 0 Å². The highest BCUT2D eigenvalue weighted by Gasteiger charge is 2.07. The standard InChI is InChI=1S/C21H21N5/c1-16-7-8-19-18(13-16)21(25-15-24-19)23-14-20-22-10-12-26(20)11-9-17-5-3-2-4-6-17/h2-8,10,12-13,15H,9,11,14H2,1H3,(H,23,24,25). The van der Waals surface area contributed by atoms with E-state index in [1.54, 1.807) is 6.33 Å². The second-order valence-corrected chi connectivity index (χ2v) is 6.37. The van der Waals surface area contributed by atoms with Gasteiger partial charge in [-0.25, -0.2) is 15.0 Å². The van der Waals surface area contributed by atoms with E-state index < -0.39 is 0 Å². The molecule has 0 bridgehead atoms. The minimum absolute atomic E-state index is 0.627. The topological polar surface area (TPSA) is 55.6 Å². The Labute approximate surface area is 152 Å². The van der Waals surface area contributed by atoms with Gasteiger partial charge in [0.05, 0.1) is 12.1 Å². The normalized spacial score (nSPS) is 11.0. The van der Waals surface area contributed by atoms with Gasteiger partial charge < -0.3 is 9.88 Å². The van der Waals surface area contributed by atoms with Crippen molar-refractivity contribution < 1.29 is 0 Å². The molecule has 0 amide bonds. The fourth-order valence-corrected chi connectivity index (χ4v) is 3.08. The molecule has 130 valence electrons. The number of aryl methyl sites for hydroxylation is 3. The average molecular weight is 343 g/mol. The summed E-state index contributed by atoms with van der Waals surface area (Å²) >= 11 is 0. The number of benzene rings is 2. The van der Waals surface area contributed by atoms with E-state index in [0.717, 1.165) is 35.5 Å². The second-order valence-electron chi connectivity index (χ2n) is 6.37. The third-order valence-electron chi connectivity index (χ3n) is 4.49. The summed E-state index contributed by atoms with van der Waals surface area (Å²) in [6.45, 7) is 3.61. The van der Waals surface area contributed by atoms with E-state index in [9.17, 15) is 0 Å². The third kappa shape index (κ3) is 3.57. The van der Waals surface area contributed by atoms with Crippen molar-refractivity contribution in [1.82, 2.24) is 19.5 Å². The van der Waals surface area contributed by atoms with E-state index in [2.05, 4.69) is 68.2 Å². The zero-order chi connectivity index (χ0) is 17.8. The summed E-state index contributed by atoms with van der Waals surface area (Å²) in [6, 6.07) is 16.7. The van der Waals surface area contributed by atoms with Gasteiger partial charge in [0.15, 0.2) is 0 Å². The van der Waals surface area contributed by atoms with Crippen LogP contribution in [0, 0.1) is 6.92 Å². The van der Waals surface area contributed by atoms with Crippen LogP contribution in [0.4, 0.5) is 5.82 Å². The monoisotopic (exact) mass is 343 g/mol. The molecule has 0 fully saturated rings. The summed E-state index contributed by atoms with van der Waals surface area (Å²) in [5.74, 6) is 1.84. The van der Waals surface area contributed by atoms with Crippen molar-refractivity contribution in [3.8, 4) is 0 Å². The highest BCUT2D eigenvalue weighted by molar-refractivity contribution is 5.89. The average Bonchev–Trinajstić information content (AvgIpc) is 3.13. The van der Waals surface area contributed by atoms with E-state index in [0.29, 0.717) is 6.54 Å². The molecule has 0 unspecified atom stereocenters. The molecule has 2 heterocycles. The SMILES string of the molecule is Cc1ccc2ncnc(NCc3nccn3CCc3ccccc3)c2c1. The Bertz CT molecular complexity index is 1010. The van der Waals surface area contributed by atoms with Crippen LogP contribution in [0.3, 0.4) is 0 Å². The second kappa shape index (κ2) is 7.35. The van der Waals surface area contributed by atoms with Crippen LogP contribution >= 0.6 is 0 Å². The maximum Gasteiger partial charge on any atom is 0.137 e. The van der Waals surface area contributed by atoms with Crippen molar-refractivity contribution in [1.29, 1.82) is 0 Å². The maximum absolute atomic E-state index is 4.50. The molecule has 0 spiro atoms. The molecule has 26 heavy (non-hydrogen) atoms. The lowest BCUT2D eigenvalue weighted by atomic mass is 10.1. The van der Waals surface area contributed by atoms with Crippen molar-refractivity contribution in [2.24, 2.45) is 0 Å². The highest BCUT2D eigenvalue weighted by Crippen LogP contribution is 2.20. The predicted octanol–water partition coefficient (Wildman–Crippen LogP) is 3.99. The van der Waals surface area contributed by atoms with E-state index >= 15 is 0 Å². The Morgan fingerprint density at radius 1 is 1.00 bits per heavy atom. The lowest BCUT2D eigenvalue weighted by Gasteiger charge is -2.11. The first kappa shape index (κ1) is 16.3. The Hall–Kier alpha value is -3.21. The lowest BCUT2D eigenvalue weighted by Crippen LogP contribution is -2.11. The van der Waals surface area contributed by atoms with Crippen LogP contribution in [0.25, 0.3) is 10.9 Å². The third-order valence-corrected chi connectivity index (χ3v) is 4.49. The predicted molar refractivity (Wildman–Crippen MR) is 104 cm³/mol. The zero-order valence-electron chi connectivity index (χ0n) is 14.8. The number of hydrogen-bond donors (Lipinski definition) is 1. The van der Waals surface area contributed by atoms with Crippen LogP contribution in [-0.2, 0) is 19.5 Å². The van der Waals surface area contributed by atoms with Crippen molar-refractivity contribution in [2.45, 2.75) is 26.4 Å². The molecule has 2 aromatic heterocycles. The summed E-state index contributed by atoms with van der Waals surface area (Å²) in [5.41, 5.74) is 3.47. The van der Waals surface area contributed by atoms with Gasteiger partial charge in [0.1, 0.15) is 18.0 Å². The largest absolute Gasteiger partial charge is 0.362 e. The number of fused-ring (bicyclic) bond motifs is 1. The number of hydrogen-bond acceptors (Lipinski definition) is 4. The zero-order valence-corrected chi connectivity index (χ0v) is 14.8. The minimum atomic E-state index is 0.627. The molecule has 4 rings (SSSR count). The summed E-state index contributed by atoms with van der Waals surface area (Å²) in [6.07, 6.45) is 6.47. The Morgan fingerprint density at radius 3 is 2.77 bits per heavy atom. The molecule has 0 aliphatic rings. The van der Waals surface area contributed by atoms with Crippen LogP contribution in [0.15, 0.2) is 67.3 Å². The Morgan fingerprint density at radius 2 is 1.88 bits per heavy atom. The van der Waals surface area contributed by atoms with Gasteiger partial charge in [-0.15, -0.1) is 0 Å². The first-order chi connectivity index (χ1) is 12.8. The van der Waals surface area contributed by atoms with Crippen LogP contribution in [-0.4, -0.2) is 19.5 Å². The minimum Gasteiger partial charge on any atom is -0.362 e. The van der Waals surface area contributed by atoms with Crippen molar-refractivity contribution in [3.05, 3.63) is 84.2 Å².